The molecule has 10 heteroatoms. The fourth-order valence-electron chi connectivity index (χ4n) is 15.9. The first-order valence-corrected chi connectivity index (χ1v) is 37.5. The number of para-hydroxylation sites is 4. The molecule has 524 valence electrons. The molecule has 0 radical (unpaired) electrons. The van der Waals surface area contributed by atoms with Crippen LogP contribution in [0.15, 0.2) is 397 Å². The second-order valence-electron chi connectivity index (χ2n) is 28.1. The van der Waals surface area contributed by atoms with Gasteiger partial charge in [0.05, 0.1) is 33.4 Å². The molecule has 6 aromatic heterocycles. The normalized spacial score (nSPS) is 11.6. The molecular formula is C102H64N8O2. The van der Waals surface area contributed by atoms with E-state index in [0.29, 0.717) is 34.9 Å². The molecule has 0 aliphatic rings. The monoisotopic (exact) mass is 1430 g/mol. The van der Waals surface area contributed by atoms with E-state index in [9.17, 15) is 0 Å². The Hall–Kier alpha value is -15.3. The lowest BCUT2D eigenvalue weighted by atomic mass is 10.0. The van der Waals surface area contributed by atoms with Gasteiger partial charge in [-0.05, 0) is 117 Å². The van der Waals surface area contributed by atoms with Crippen LogP contribution in [0.5, 0.6) is 0 Å². The minimum absolute atomic E-state index is 0.598. The number of hydrogen-bond acceptors (Lipinski definition) is 8. The molecule has 0 unspecified atom stereocenters. The van der Waals surface area contributed by atoms with Crippen LogP contribution in [0.4, 0.5) is 0 Å². The zero-order valence-corrected chi connectivity index (χ0v) is 60.3. The van der Waals surface area contributed by atoms with Crippen LogP contribution in [0.3, 0.4) is 0 Å². The fourth-order valence-corrected chi connectivity index (χ4v) is 15.9. The van der Waals surface area contributed by atoms with E-state index in [1.165, 1.54) is 5.56 Å². The van der Waals surface area contributed by atoms with Crippen LogP contribution in [0, 0.1) is 0 Å². The molecular weight excluding hydrogens is 1370 g/mol. The standard InChI is InChI=1S/2C51H32N4O/c1-4-14-33(15-5-1)35-24-26-37(27-25-35)50-52-49(36-18-8-3-9-19-36)53-51(54-50)41-21-11-13-23-45(41)55-44-22-12-10-20-39(44)42-31-43-40-29-28-38(34-16-6-2-7-17-34)30-47(40)56-48(43)32-46(42)55;1-4-14-33(15-5-1)35-24-26-37(27-25-35)50-52-49(36-18-8-3-9-19-36)53-51(54-50)40-21-11-13-23-45(40)55-44-22-12-10-20-39(44)41-31-43-42-30-38(34-16-6-2-7-17-34)28-29-47(42)56-48(43)32-46(41)55/h2*1-32H. The Morgan fingerprint density at radius 3 is 0.884 bits per heavy atom. The lowest BCUT2D eigenvalue weighted by molar-refractivity contribution is 0.669. The van der Waals surface area contributed by atoms with E-state index in [1.807, 2.05) is 84.9 Å². The molecule has 0 amide bonds. The molecule has 10 nitrogen and oxygen atoms in total. The maximum absolute atomic E-state index is 6.64. The molecule has 0 aliphatic carbocycles. The summed E-state index contributed by atoms with van der Waals surface area (Å²) in [7, 11) is 0. The molecule has 0 bridgehead atoms. The molecule has 22 rings (SSSR count). The highest BCUT2D eigenvalue weighted by Crippen LogP contribution is 2.45. The van der Waals surface area contributed by atoms with Crippen LogP contribution in [-0.2, 0) is 0 Å². The van der Waals surface area contributed by atoms with Gasteiger partial charge in [0.25, 0.3) is 0 Å². The fraction of sp³-hybridized carbons (Fsp3) is 0. The molecule has 0 spiro atoms. The molecule has 0 aliphatic heterocycles. The number of nitrogens with zero attached hydrogens (tertiary/aromatic N) is 8. The summed E-state index contributed by atoms with van der Waals surface area (Å²) >= 11 is 0. The molecule has 0 fully saturated rings. The Morgan fingerprint density at radius 1 is 0.161 bits per heavy atom. The van der Waals surface area contributed by atoms with Crippen LogP contribution < -0.4 is 0 Å². The van der Waals surface area contributed by atoms with Crippen LogP contribution in [0.2, 0.25) is 0 Å². The number of fused-ring (bicyclic) bond motifs is 12. The van der Waals surface area contributed by atoms with Gasteiger partial charge in [-0.15, -0.1) is 0 Å². The summed E-state index contributed by atoms with van der Waals surface area (Å²) in [5, 5.41) is 9.01. The summed E-state index contributed by atoms with van der Waals surface area (Å²) in [5.41, 5.74) is 24.3. The first-order chi connectivity index (χ1) is 55.5. The number of benzene rings is 16. The summed E-state index contributed by atoms with van der Waals surface area (Å²) in [5.74, 6) is 3.66. The number of rotatable bonds is 12. The van der Waals surface area contributed by atoms with Gasteiger partial charge >= 0.3 is 0 Å². The van der Waals surface area contributed by atoms with E-state index in [-0.39, 0.29) is 0 Å². The largest absolute Gasteiger partial charge is 0.456 e. The van der Waals surface area contributed by atoms with Crippen molar-refractivity contribution in [2.75, 3.05) is 0 Å². The van der Waals surface area contributed by atoms with Crippen molar-refractivity contribution in [3.63, 3.8) is 0 Å². The highest BCUT2D eigenvalue weighted by atomic mass is 16.3. The predicted octanol–water partition coefficient (Wildman–Crippen LogP) is 26.4. The van der Waals surface area contributed by atoms with Gasteiger partial charge in [-0.1, -0.05) is 303 Å². The van der Waals surface area contributed by atoms with E-state index in [4.69, 9.17) is 38.7 Å². The Kier molecular flexibility index (Phi) is 16.0. The van der Waals surface area contributed by atoms with Crippen molar-refractivity contribution >= 4 is 87.5 Å². The maximum atomic E-state index is 6.64. The van der Waals surface area contributed by atoms with Crippen molar-refractivity contribution in [3.8, 4) is 124 Å². The predicted molar refractivity (Wildman–Crippen MR) is 457 cm³/mol. The van der Waals surface area contributed by atoms with Crippen molar-refractivity contribution in [1.82, 2.24) is 39.0 Å². The highest BCUT2D eigenvalue weighted by molar-refractivity contribution is 6.19. The molecule has 0 atom stereocenters. The topological polar surface area (TPSA) is 113 Å². The van der Waals surface area contributed by atoms with Crippen molar-refractivity contribution in [3.05, 3.63) is 388 Å². The van der Waals surface area contributed by atoms with E-state index in [1.54, 1.807) is 0 Å². The lowest BCUT2D eigenvalue weighted by Crippen LogP contribution is -2.03. The van der Waals surface area contributed by atoms with Crippen LogP contribution in [-0.4, -0.2) is 39.0 Å². The molecule has 112 heavy (non-hydrogen) atoms. The summed E-state index contributed by atoms with van der Waals surface area (Å²) in [4.78, 5) is 30.8. The molecule has 0 saturated carbocycles. The number of hydrogen-bond donors (Lipinski definition) is 0. The average molecular weight is 1430 g/mol. The van der Waals surface area contributed by atoms with E-state index < -0.39 is 0 Å². The summed E-state index contributed by atoms with van der Waals surface area (Å²) < 4.78 is 17.9. The van der Waals surface area contributed by atoms with Crippen molar-refractivity contribution < 1.29 is 8.83 Å². The Bertz CT molecular complexity index is 7100. The minimum atomic E-state index is 0.598. The van der Waals surface area contributed by atoms with Gasteiger partial charge in [-0.2, -0.15) is 0 Å². The first kappa shape index (κ1) is 65.1. The second kappa shape index (κ2) is 27.5. The van der Waals surface area contributed by atoms with Crippen LogP contribution in [0.25, 0.3) is 212 Å². The third kappa shape index (κ3) is 11.7. The quantitative estimate of drug-likeness (QED) is 0.119. The third-order valence-electron chi connectivity index (χ3n) is 21.4. The maximum Gasteiger partial charge on any atom is 0.166 e. The van der Waals surface area contributed by atoms with Crippen molar-refractivity contribution in [1.29, 1.82) is 0 Å². The SMILES string of the molecule is c1ccc(-c2ccc(-c3nc(-c4ccccc4)nc(-c4ccccc4-n4c5ccccc5c5cc6c(cc54)oc4cc(-c5ccccc5)ccc46)n3)cc2)cc1.c1ccc(-c2ccc(-c3nc(-c4ccccc4)nc(-c4ccccc4-n4c5ccccc5c5cc6c(cc54)oc4ccc(-c5ccccc5)cc46)n3)cc2)cc1. The summed E-state index contributed by atoms with van der Waals surface area (Å²) in [6, 6.07) is 135. The second-order valence-corrected chi connectivity index (χ2v) is 28.1. The van der Waals surface area contributed by atoms with Crippen LogP contribution >= 0.6 is 0 Å². The smallest absolute Gasteiger partial charge is 0.166 e. The zero-order valence-electron chi connectivity index (χ0n) is 60.3. The molecule has 6 heterocycles. The Balaban J connectivity index is 0.000000141. The van der Waals surface area contributed by atoms with Gasteiger partial charge in [0.2, 0.25) is 0 Å². The highest BCUT2D eigenvalue weighted by Gasteiger charge is 2.25. The third-order valence-corrected chi connectivity index (χ3v) is 21.4. The van der Waals surface area contributed by atoms with E-state index in [0.717, 1.165) is 171 Å². The van der Waals surface area contributed by atoms with Crippen LogP contribution in [0.1, 0.15) is 0 Å². The lowest BCUT2D eigenvalue weighted by Gasteiger charge is -2.14. The summed E-state index contributed by atoms with van der Waals surface area (Å²) in [6.07, 6.45) is 0. The van der Waals surface area contributed by atoms with Gasteiger partial charge < -0.3 is 18.0 Å². The molecule has 16 aromatic carbocycles. The van der Waals surface area contributed by atoms with Crippen molar-refractivity contribution in [2.24, 2.45) is 0 Å². The summed E-state index contributed by atoms with van der Waals surface area (Å²) in [6.45, 7) is 0. The van der Waals surface area contributed by atoms with Gasteiger partial charge in [0.1, 0.15) is 22.3 Å². The van der Waals surface area contributed by atoms with E-state index >= 15 is 0 Å². The number of furan rings is 2. The molecule has 22 aromatic rings. The molecule has 0 saturated heterocycles. The van der Waals surface area contributed by atoms with Crippen molar-refractivity contribution in [2.45, 2.75) is 0 Å². The zero-order chi connectivity index (χ0) is 74.0. The Morgan fingerprint density at radius 2 is 0.446 bits per heavy atom. The van der Waals surface area contributed by atoms with E-state index in [2.05, 4.69) is 312 Å². The van der Waals surface area contributed by atoms with Gasteiger partial charge in [0, 0.05) is 88.6 Å². The first-order valence-electron chi connectivity index (χ1n) is 37.5. The molecule has 0 N–H and O–H groups in total. The average Bonchev–Trinajstić information content (AvgIpc) is 1.57. The van der Waals surface area contributed by atoms with Gasteiger partial charge in [-0.3, -0.25) is 0 Å². The van der Waals surface area contributed by atoms with Gasteiger partial charge in [0.15, 0.2) is 34.9 Å². The number of aromatic nitrogens is 8. The Labute approximate surface area is 643 Å². The minimum Gasteiger partial charge on any atom is -0.456 e. The van der Waals surface area contributed by atoms with Gasteiger partial charge in [-0.25, -0.2) is 29.9 Å².